The van der Waals surface area contributed by atoms with E-state index in [2.05, 4.69) is 39.0 Å². The minimum absolute atomic E-state index is 0. The zero-order valence-electron chi connectivity index (χ0n) is 15.5. The first-order valence-corrected chi connectivity index (χ1v) is 8.72. The molecule has 1 aliphatic heterocycles. The smallest absolute Gasteiger partial charge is 0.191 e. The molecule has 1 aromatic heterocycles. The summed E-state index contributed by atoms with van der Waals surface area (Å²) >= 11 is 0. The van der Waals surface area contributed by atoms with Crippen LogP contribution in [0.3, 0.4) is 0 Å². The van der Waals surface area contributed by atoms with Crippen LogP contribution in [-0.4, -0.2) is 54.0 Å². The second kappa shape index (κ2) is 11.0. The first-order valence-electron chi connectivity index (χ1n) is 8.72. The number of nitrogens with zero attached hydrogens (tertiary/aromatic N) is 3. The SMILES string of the molecule is CN=C(NCc1nccn1CC(C)C)NCC1(CCO)CCOC1.I. The van der Waals surface area contributed by atoms with Crippen LogP contribution in [-0.2, 0) is 17.8 Å². The maximum absolute atomic E-state index is 9.30. The number of halogens is 1. The average molecular weight is 465 g/mol. The van der Waals surface area contributed by atoms with E-state index in [1.807, 2.05) is 12.4 Å². The van der Waals surface area contributed by atoms with Crippen LogP contribution in [0.5, 0.6) is 0 Å². The second-order valence-electron chi connectivity index (χ2n) is 6.95. The molecule has 144 valence electrons. The molecule has 0 amide bonds. The van der Waals surface area contributed by atoms with Gasteiger partial charge in [0, 0.05) is 51.2 Å². The molecule has 25 heavy (non-hydrogen) atoms. The van der Waals surface area contributed by atoms with Gasteiger partial charge in [0.25, 0.3) is 0 Å². The summed E-state index contributed by atoms with van der Waals surface area (Å²) in [6.07, 6.45) is 5.56. The number of guanidine groups is 1. The van der Waals surface area contributed by atoms with Crippen LogP contribution in [0.2, 0.25) is 0 Å². The van der Waals surface area contributed by atoms with Gasteiger partial charge in [-0.2, -0.15) is 0 Å². The van der Waals surface area contributed by atoms with Crippen LogP contribution in [0.25, 0.3) is 0 Å². The van der Waals surface area contributed by atoms with Crippen molar-refractivity contribution in [2.75, 3.05) is 33.4 Å². The van der Waals surface area contributed by atoms with Crippen molar-refractivity contribution in [3.63, 3.8) is 0 Å². The van der Waals surface area contributed by atoms with Gasteiger partial charge < -0.3 is 25.0 Å². The van der Waals surface area contributed by atoms with Crippen molar-refractivity contribution < 1.29 is 9.84 Å². The maximum Gasteiger partial charge on any atom is 0.191 e. The highest BCUT2D eigenvalue weighted by atomic mass is 127. The number of aliphatic hydroxyl groups excluding tert-OH is 1. The van der Waals surface area contributed by atoms with Gasteiger partial charge in [0.2, 0.25) is 0 Å². The molecule has 0 aliphatic carbocycles. The van der Waals surface area contributed by atoms with E-state index in [0.29, 0.717) is 19.1 Å². The Bertz CT molecular complexity index is 527. The molecular weight excluding hydrogens is 433 g/mol. The molecule has 0 spiro atoms. The molecule has 1 fully saturated rings. The minimum atomic E-state index is 0. The van der Waals surface area contributed by atoms with Gasteiger partial charge in [-0.25, -0.2) is 4.98 Å². The van der Waals surface area contributed by atoms with Gasteiger partial charge in [0.15, 0.2) is 5.96 Å². The average Bonchev–Trinajstić information content (AvgIpc) is 3.18. The van der Waals surface area contributed by atoms with Crippen molar-refractivity contribution in [3.05, 3.63) is 18.2 Å². The molecule has 1 atom stereocenters. The summed E-state index contributed by atoms with van der Waals surface area (Å²) in [6.45, 7) is 8.36. The van der Waals surface area contributed by atoms with E-state index in [9.17, 15) is 5.11 Å². The zero-order valence-corrected chi connectivity index (χ0v) is 17.8. The highest BCUT2D eigenvalue weighted by Gasteiger charge is 2.34. The lowest BCUT2D eigenvalue weighted by molar-refractivity contribution is 0.127. The number of rotatable bonds is 8. The van der Waals surface area contributed by atoms with Crippen LogP contribution < -0.4 is 10.6 Å². The first-order chi connectivity index (χ1) is 11.6. The Hall–Kier alpha value is -0.870. The summed E-state index contributed by atoms with van der Waals surface area (Å²) < 4.78 is 7.70. The number of hydrogen-bond donors (Lipinski definition) is 3. The van der Waals surface area contributed by atoms with Gasteiger partial charge >= 0.3 is 0 Å². The number of ether oxygens (including phenoxy) is 1. The molecule has 1 aromatic rings. The molecule has 0 radical (unpaired) electrons. The van der Waals surface area contributed by atoms with E-state index >= 15 is 0 Å². The van der Waals surface area contributed by atoms with Crippen molar-refractivity contribution in [1.29, 1.82) is 0 Å². The van der Waals surface area contributed by atoms with E-state index in [4.69, 9.17) is 4.74 Å². The Morgan fingerprint density at radius 1 is 1.48 bits per heavy atom. The number of imidazole rings is 1. The fourth-order valence-corrected chi connectivity index (χ4v) is 3.03. The van der Waals surface area contributed by atoms with Crippen LogP contribution in [0.4, 0.5) is 0 Å². The normalized spacial score (nSPS) is 20.6. The largest absolute Gasteiger partial charge is 0.396 e. The molecule has 2 rings (SSSR count). The third-order valence-electron chi connectivity index (χ3n) is 4.46. The summed E-state index contributed by atoms with van der Waals surface area (Å²) in [5.74, 6) is 2.33. The summed E-state index contributed by atoms with van der Waals surface area (Å²) in [5, 5.41) is 16.0. The lowest BCUT2D eigenvalue weighted by Gasteiger charge is -2.27. The van der Waals surface area contributed by atoms with Crippen LogP contribution in [0.15, 0.2) is 17.4 Å². The minimum Gasteiger partial charge on any atom is -0.396 e. The number of nitrogens with one attached hydrogen (secondary N) is 2. The molecule has 0 aromatic carbocycles. The lowest BCUT2D eigenvalue weighted by Crippen LogP contribution is -2.44. The third-order valence-corrected chi connectivity index (χ3v) is 4.46. The van der Waals surface area contributed by atoms with E-state index in [-0.39, 0.29) is 36.0 Å². The van der Waals surface area contributed by atoms with Gasteiger partial charge in [-0.05, 0) is 18.8 Å². The summed E-state index contributed by atoms with van der Waals surface area (Å²) in [7, 11) is 1.76. The quantitative estimate of drug-likeness (QED) is 0.309. The number of aliphatic imine (C=N–C) groups is 1. The number of hydrogen-bond acceptors (Lipinski definition) is 4. The van der Waals surface area contributed by atoms with Crippen molar-refractivity contribution >= 4 is 29.9 Å². The van der Waals surface area contributed by atoms with Gasteiger partial charge in [-0.15, -0.1) is 24.0 Å². The molecule has 1 unspecified atom stereocenters. The predicted molar refractivity (Wildman–Crippen MR) is 110 cm³/mol. The number of aromatic nitrogens is 2. The van der Waals surface area contributed by atoms with Crippen molar-refractivity contribution in [3.8, 4) is 0 Å². The van der Waals surface area contributed by atoms with Crippen molar-refractivity contribution in [1.82, 2.24) is 20.2 Å². The zero-order chi connectivity index (χ0) is 17.4. The van der Waals surface area contributed by atoms with Gasteiger partial charge in [-0.1, -0.05) is 13.8 Å². The highest BCUT2D eigenvalue weighted by molar-refractivity contribution is 14.0. The Labute approximate surface area is 167 Å². The van der Waals surface area contributed by atoms with Crippen LogP contribution in [0.1, 0.15) is 32.5 Å². The Morgan fingerprint density at radius 3 is 2.88 bits per heavy atom. The van der Waals surface area contributed by atoms with Crippen molar-refractivity contribution in [2.45, 2.75) is 39.8 Å². The van der Waals surface area contributed by atoms with Gasteiger partial charge in [-0.3, -0.25) is 4.99 Å². The molecule has 0 bridgehead atoms. The van der Waals surface area contributed by atoms with Gasteiger partial charge in [0.1, 0.15) is 5.82 Å². The first kappa shape index (κ1) is 22.2. The molecule has 8 heteroatoms. The highest BCUT2D eigenvalue weighted by Crippen LogP contribution is 2.31. The standard InChI is InChI=1S/C17H31N5O2.HI/c1-14(2)11-22-7-6-19-15(22)10-20-16(18-3)21-12-17(4-8-23)5-9-24-13-17;/h6-7,14,23H,4-5,8-13H2,1-3H3,(H2,18,20,21);1H. The molecule has 7 nitrogen and oxygen atoms in total. The Morgan fingerprint density at radius 2 is 2.28 bits per heavy atom. The van der Waals surface area contributed by atoms with E-state index < -0.39 is 0 Å². The summed E-state index contributed by atoms with van der Waals surface area (Å²) in [6, 6.07) is 0. The summed E-state index contributed by atoms with van der Waals surface area (Å²) in [4.78, 5) is 8.71. The number of aliphatic hydroxyl groups is 1. The fourth-order valence-electron chi connectivity index (χ4n) is 3.03. The van der Waals surface area contributed by atoms with Crippen molar-refractivity contribution in [2.24, 2.45) is 16.3 Å². The van der Waals surface area contributed by atoms with Gasteiger partial charge in [0.05, 0.1) is 13.2 Å². The molecule has 3 N–H and O–H groups in total. The molecular formula is C17H32IN5O2. The van der Waals surface area contributed by atoms with E-state index in [1.165, 1.54) is 0 Å². The molecule has 0 saturated carbocycles. The third kappa shape index (κ3) is 6.74. The monoisotopic (exact) mass is 465 g/mol. The summed E-state index contributed by atoms with van der Waals surface area (Å²) in [5.41, 5.74) is 0.00246. The van der Waals surface area contributed by atoms with E-state index in [0.717, 1.165) is 44.3 Å². The van der Waals surface area contributed by atoms with Crippen LogP contribution >= 0.6 is 24.0 Å². The topological polar surface area (TPSA) is 83.7 Å². The predicted octanol–water partition coefficient (Wildman–Crippen LogP) is 1.61. The lowest BCUT2D eigenvalue weighted by atomic mass is 9.84. The molecule has 1 aliphatic rings. The Kier molecular flexibility index (Phi) is 9.73. The Balaban J connectivity index is 0.00000312. The maximum atomic E-state index is 9.30. The van der Waals surface area contributed by atoms with Crippen LogP contribution in [0, 0.1) is 11.3 Å². The fraction of sp³-hybridized carbons (Fsp3) is 0.765. The molecule has 2 heterocycles. The second-order valence-corrected chi connectivity index (χ2v) is 6.95. The van der Waals surface area contributed by atoms with E-state index in [1.54, 1.807) is 7.05 Å². The molecule has 1 saturated heterocycles.